The van der Waals surface area contributed by atoms with Gasteiger partial charge in [-0.3, -0.25) is 0 Å². The van der Waals surface area contributed by atoms with Crippen LogP contribution in [0, 0.1) is 41.5 Å². The van der Waals surface area contributed by atoms with E-state index in [1.54, 1.807) is 0 Å². The first-order valence-corrected chi connectivity index (χ1v) is 9.87. The maximum atomic E-state index is 12.7. The van der Waals surface area contributed by atoms with E-state index in [4.69, 9.17) is 0 Å². The fourth-order valence-corrected chi connectivity index (χ4v) is 4.42. The minimum Gasteiger partial charge on any atom is -0.308 e. The molecule has 0 aliphatic carbocycles. The van der Waals surface area contributed by atoms with Gasteiger partial charge < -0.3 is 9.80 Å². The van der Waals surface area contributed by atoms with E-state index in [9.17, 15) is 13.2 Å². The molecule has 0 atom stereocenters. The van der Waals surface area contributed by atoms with Crippen LogP contribution in [0.25, 0.3) is 0 Å². The second-order valence-electron chi connectivity index (χ2n) is 7.98. The molecule has 4 nitrogen and oxygen atoms in total. The van der Waals surface area contributed by atoms with Crippen molar-refractivity contribution >= 4 is 23.5 Å². The van der Waals surface area contributed by atoms with Gasteiger partial charge in [0.15, 0.2) is 0 Å². The van der Waals surface area contributed by atoms with Crippen molar-refractivity contribution in [3.05, 3.63) is 57.6 Å². The van der Waals surface area contributed by atoms with Gasteiger partial charge in [-0.1, -0.05) is 35.4 Å². The summed E-state index contributed by atoms with van der Waals surface area (Å²) in [5.74, 6) is 0.403. The summed E-state index contributed by atoms with van der Waals surface area (Å²) in [6, 6.07) is 8.29. The smallest absolute Gasteiger partial charge is 0.308 e. The van der Waals surface area contributed by atoms with Crippen molar-refractivity contribution in [3.63, 3.8) is 0 Å². The first-order chi connectivity index (χ1) is 14.0. The number of nitrogens with zero attached hydrogens (tertiary/aromatic N) is 4. The van der Waals surface area contributed by atoms with Crippen molar-refractivity contribution in [2.75, 3.05) is 22.9 Å². The lowest BCUT2D eigenvalue weighted by Crippen LogP contribution is -2.35. The number of anilines is 2. The van der Waals surface area contributed by atoms with E-state index in [2.05, 4.69) is 34.5 Å². The van der Waals surface area contributed by atoms with E-state index in [1.165, 1.54) is 0 Å². The van der Waals surface area contributed by atoms with E-state index in [0.29, 0.717) is 19.0 Å². The number of hydrogen-bond acceptors (Lipinski definition) is 2. The molecule has 0 bridgehead atoms. The zero-order valence-corrected chi connectivity index (χ0v) is 18.2. The molecule has 0 radical (unpaired) electrons. The molecule has 1 saturated heterocycles. The van der Waals surface area contributed by atoms with Crippen molar-refractivity contribution < 1.29 is 13.2 Å². The molecule has 0 N–H and O–H groups in total. The van der Waals surface area contributed by atoms with E-state index in [1.807, 2.05) is 51.3 Å². The van der Waals surface area contributed by atoms with E-state index in [0.717, 1.165) is 44.8 Å². The van der Waals surface area contributed by atoms with Gasteiger partial charge in [-0.05, 0) is 63.8 Å². The van der Waals surface area contributed by atoms with Crippen LogP contribution in [0.1, 0.15) is 33.4 Å². The van der Waals surface area contributed by atoms with Crippen LogP contribution in [-0.4, -0.2) is 31.4 Å². The summed E-state index contributed by atoms with van der Waals surface area (Å²) < 4.78 is 38.0. The topological polar surface area (TPSA) is 31.2 Å². The second kappa shape index (κ2) is 8.13. The molecule has 0 spiro atoms. The molecule has 0 saturated carbocycles. The highest BCUT2D eigenvalue weighted by atomic mass is 19.4. The third-order valence-electron chi connectivity index (χ3n) is 5.19. The van der Waals surface area contributed by atoms with Crippen LogP contribution in [0.2, 0.25) is 0 Å². The summed E-state index contributed by atoms with van der Waals surface area (Å²) in [6.45, 7) is 13.3. The molecule has 0 aromatic heterocycles. The molecule has 1 aliphatic heterocycles. The van der Waals surface area contributed by atoms with Crippen molar-refractivity contribution in [2.24, 2.45) is 10.2 Å². The summed E-state index contributed by atoms with van der Waals surface area (Å²) in [5, 5.41) is 7.44. The Morgan fingerprint density at radius 2 is 1.10 bits per heavy atom. The molecule has 3 rings (SSSR count). The Hall–Kier alpha value is -2.83. The van der Waals surface area contributed by atoms with Crippen LogP contribution in [0.5, 0.6) is 0 Å². The maximum absolute atomic E-state index is 12.7. The highest BCUT2D eigenvalue weighted by Crippen LogP contribution is 2.34. The Labute approximate surface area is 175 Å². The van der Waals surface area contributed by atoms with Gasteiger partial charge >= 0.3 is 6.18 Å². The summed E-state index contributed by atoms with van der Waals surface area (Å²) in [7, 11) is 0. The number of hydrogen-bond donors (Lipinski definition) is 0. The largest absolute Gasteiger partial charge is 0.428 e. The predicted molar refractivity (Wildman–Crippen MR) is 118 cm³/mol. The highest BCUT2D eigenvalue weighted by molar-refractivity contribution is 6.11. The van der Waals surface area contributed by atoms with E-state index < -0.39 is 6.18 Å². The van der Waals surface area contributed by atoms with Gasteiger partial charge in [0.2, 0.25) is 5.96 Å². The summed E-state index contributed by atoms with van der Waals surface area (Å²) >= 11 is 0. The summed E-state index contributed by atoms with van der Waals surface area (Å²) in [6.07, 6.45) is -4.58. The predicted octanol–water partition coefficient (Wildman–Crippen LogP) is 5.77. The third-order valence-corrected chi connectivity index (χ3v) is 5.19. The molecule has 1 fully saturated rings. The number of guanidine groups is 1. The monoisotopic (exact) mass is 416 g/mol. The number of aryl methyl sites for hydroxylation is 6. The fourth-order valence-electron chi connectivity index (χ4n) is 4.42. The highest BCUT2D eigenvalue weighted by Gasteiger charge is 2.33. The Balaban J connectivity index is 2.14. The first kappa shape index (κ1) is 21.9. The lowest BCUT2D eigenvalue weighted by atomic mass is 10.0. The standard InChI is InChI=1S/C23H27F3N4/c1-14-9-16(3)20(17(4)10-14)29-7-8-30(22(29)28-27-13-23(24,25)26)21-18(5)11-15(2)12-19(21)6/h9-13H,7-8H2,1-6H3/b27-13+. The zero-order valence-electron chi connectivity index (χ0n) is 18.2. The molecule has 1 heterocycles. The molecule has 7 heteroatoms. The second-order valence-corrected chi connectivity index (χ2v) is 7.98. The Bertz CT molecular complexity index is 908. The SMILES string of the molecule is Cc1cc(C)c(N2CCN(c3c(C)cc(C)cc3C)C2=N/N=C/C(F)(F)F)c(C)c1. The van der Waals surface area contributed by atoms with Crippen molar-refractivity contribution in [1.82, 2.24) is 0 Å². The minimum absolute atomic E-state index is 0.0710. The first-order valence-electron chi connectivity index (χ1n) is 9.87. The van der Waals surface area contributed by atoms with Crippen LogP contribution in [0.3, 0.4) is 0 Å². The van der Waals surface area contributed by atoms with Gasteiger partial charge in [-0.2, -0.15) is 18.3 Å². The molecule has 0 amide bonds. The van der Waals surface area contributed by atoms with Gasteiger partial charge in [0.05, 0.1) is 0 Å². The molecular formula is C23H27F3N4. The van der Waals surface area contributed by atoms with Crippen LogP contribution < -0.4 is 9.80 Å². The Morgan fingerprint density at radius 1 is 0.733 bits per heavy atom. The van der Waals surface area contributed by atoms with Gasteiger partial charge in [-0.25, -0.2) is 0 Å². The van der Waals surface area contributed by atoms with Crippen LogP contribution in [0.4, 0.5) is 24.5 Å². The van der Waals surface area contributed by atoms with E-state index in [-0.39, 0.29) is 6.21 Å². The van der Waals surface area contributed by atoms with Crippen molar-refractivity contribution in [3.8, 4) is 0 Å². The zero-order chi connectivity index (χ0) is 22.2. The molecule has 2 aromatic carbocycles. The summed E-state index contributed by atoms with van der Waals surface area (Å²) in [5.41, 5.74) is 8.43. The number of alkyl halides is 3. The minimum atomic E-state index is -4.51. The average Bonchev–Trinajstić information content (AvgIpc) is 2.95. The van der Waals surface area contributed by atoms with E-state index >= 15 is 0 Å². The quantitative estimate of drug-likeness (QED) is 0.470. The van der Waals surface area contributed by atoms with Crippen molar-refractivity contribution in [2.45, 2.75) is 47.7 Å². The Morgan fingerprint density at radius 3 is 1.43 bits per heavy atom. The molecule has 160 valence electrons. The van der Waals surface area contributed by atoms with Gasteiger partial charge in [0, 0.05) is 24.5 Å². The van der Waals surface area contributed by atoms with Gasteiger partial charge in [-0.15, -0.1) is 5.10 Å². The average molecular weight is 416 g/mol. The van der Waals surface area contributed by atoms with Gasteiger partial charge in [0.25, 0.3) is 0 Å². The lowest BCUT2D eigenvalue weighted by Gasteiger charge is -2.27. The van der Waals surface area contributed by atoms with Crippen LogP contribution in [0.15, 0.2) is 34.5 Å². The molecule has 0 unspecified atom stereocenters. The lowest BCUT2D eigenvalue weighted by molar-refractivity contribution is -0.0537. The number of benzene rings is 2. The van der Waals surface area contributed by atoms with Crippen molar-refractivity contribution in [1.29, 1.82) is 0 Å². The molecule has 2 aromatic rings. The number of rotatable bonds is 3. The van der Waals surface area contributed by atoms with Crippen LogP contribution >= 0.6 is 0 Å². The Kier molecular flexibility index (Phi) is 5.92. The van der Waals surface area contributed by atoms with Crippen LogP contribution in [-0.2, 0) is 0 Å². The molecule has 30 heavy (non-hydrogen) atoms. The molecule has 1 aliphatic rings. The summed E-state index contributed by atoms with van der Waals surface area (Å²) in [4.78, 5) is 3.94. The number of halogens is 3. The normalized spacial score (nSPS) is 14.9. The molecular weight excluding hydrogens is 389 g/mol. The maximum Gasteiger partial charge on any atom is 0.428 e. The third kappa shape index (κ3) is 4.50. The van der Waals surface area contributed by atoms with Gasteiger partial charge in [0.1, 0.15) is 6.21 Å². The fraction of sp³-hybridized carbons (Fsp3) is 0.391.